The van der Waals surface area contributed by atoms with Gasteiger partial charge in [-0.15, -0.1) is 0 Å². The smallest absolute Gasteiger partial charge is 0.252 e. The van der Waals surface area contributed by atoms with E-state index in [1.807, 2.05) is 44.3 Å². The number of benzene rings is 2. The van der Waals surface area contributed by atoms with Gasteiger partial charge in [-0.25, -0.2) is 4.98 Å². The number of hydrogen-bond acceptors (Lipinski definition) is 5. The highest BCUT2D eigenvalue weighted by Gasteiger charge is 2.19. The number of carbonyl (C=O) groups is 2. The number of hydrogen-bond donors (Lipinski definition) is 3. The third kappa shape index (κ3) is 4.85. The Labute approximate surface area is 191 Å². The van der Waals surface area contributed by atoms with Crippen molar-refractivity contribution in [2.75, 3.05) is 13.1 Å². The second-order valence-corrected chi connectivity index (χ2v) is 7.74. The topological polar surface area (TPSA) is 109 Å². The molecule has 0 bridgehead atoms. The summed E-state index contributed by atoms with van der Waals surface area (Å²) in [5, 5.41) is 20.4. The van der Waals surface area contributed by atoms with Crippen LogP contribution >= 0.6 is 0 Å². The van der Waals surface area contributed by atoms with Gasteiger partial charge in [0.25, 0.3) is 11.8 Å². The summed E-state index contributed by atoms with van der Waals surface area (Å²) in [5.41, 5.74) is 3.92. The van der Waals surface area contributed by atoms with Crippen LogP contribution in [-0.4, -0.2) is 44.8 Å². The molecule has 0 aliphatic rings. The van der Waals surface area contributed by atoms with Crippen LogP contribution in [0, 0.1) is 6.92 Å². The Kier molecular flexibility index (Phi) is 6.35. The van der Waals surface area contributed by atoms with Gasteiger partial charge in [0.15, 0.2) is 5.65 Å². The molecule has 8 nitrogen and oxygen atoms in total. The first-order valence-electron chi connectivity index (χ1n) is 10.7. The van der Waals surface area contributed by atoms with Gasteiger partial charge in [-0.2, -0.15) is 5.10 Å². The average molecular weight is 444 g/mol. The molecule has 0 spiro atoms. The number of nitrogens with one attached hydrogen (secondary N) is 2. The minimum absolute atomic E-state index is 0.0409. The number of pyridine rings is 1. The Hall–Kier alpha value is -4.20. The molecule has 8 heteroatoms. The molecule has 33 heavy (non-hydrogen) atoms. The SMILES string of the molecule is Cc1nn(C)c2nc(-c3ccccc3)cc(C(=O)NCCCNC(=O)c3cccc(O)c3)c12. The molecule has 2 heterocycles. The third-order valence-corrected chi connectivity index (χ3v) is 5.32. The summed E-state index contributed by atoms with van der Waals surface area (Å²) in [5.74, 6) is -0.444. The Balaban J connectivity index is 1.44. The summed E-state index contributed by atoms with van der Waals surface area (Å²) in [6.07, 6.45) is 0.558. The summed E-state index contributed by atoms with van der Waals surface area (Å²) in [4.78, 5) is 29.9. The first-order chi connectivity index (χ1) is 15.9. The lowest BCUT2D eigenvalue weighted by Crippen LogP contribution is -2.30. The fourth-order valence-electron chi connectivity index (χ4n) is 3.72. The number of aryl methyl sites for hydroxylation is 2. The second kappa shape index (κ2) is 9.52. The van der Waals surface area contributed by atoms with Gasteiger partial charge in [-0.1, -0.05) is 36.4 Å². The molecule has 2 amide bonds. The van der Waals surface area contributed by atoms with Crippen LogP contribution in [0.4, 0.5) is 0 Å². The van der Waals surface area contributed by atoms with Crippen molar-refractivity contribution >= 4 is 22.8 Å². The molecule has 2 aromatic heterocycles. The van der Waals surface area contributed by atoms with E-state index in [1.165, 1.54) is 12.1 Å². The van der Waals surface area contributed by atoms with Gasteiger partial charge in [0, 0.05) is 31.3 Å². The van der Waals surface area contributed by atoms with E-state index >= 15 is 0 Å². The molecule has 0 saturated carbocycles. The molecular formula is C25H25N5O3. The predicted molar refractivity (Wildman–Crippen MR) is 126 cm³/mol. The number of carbonyl (C=O) groups excluding carboxylic acids is 2. The lowest BCUT2D eigenvalue weighted by atomic mass is 10.0. The van der Waals surface area contributed by atoms with Gasteiger partial charge in [-0.05, 0) is 37.6 Å². The van der Waals surface area contributed by atoms with E-state index in [0.29, 0.717) is 42.0 Å². The highest BCUT2D eigenvalue weighted by molar-refractivity contribution is 6.07. The van der Waals surface area contributed by atoms with Gasteiger partial charge in [-0.3, -0.25) is 14.3 Å². The highest BCUT2D eigenvalue weighted by Crippen LogP contribution is 2.26. The summed E-state index contributed by atoms with van der Waals surface area (Å²) < 4.78 is 1.69. The monoisotopic (exact) mass is 443 g/mol. The van der Waals surface area contributed by atoms with Crippen LogP contribution in [0.15, 0.2) is 60.7 Å². The van der Waals surface area contributed by atoms with E-state index in [-0.39, 0.29) is 17.6 Å². The van der Waals surface area contributed by atoms with Crippen LogP contribution < -0.4 is 10.6 Å². The zero-order valence-corrected chi connectivity index (χ0v) is 18.5. The zero-order valence-electron chi connectivity index (χ0n) is 18.5. The lowest BCUT2D eigenvalue weighted by Gasteiger charge is -2.10. The van der Waals surface area contributed by atoms with E-state index in [9.17, 15) is 14.7 Å². The van der Waals surface area contributed by atoms with Crippen LogP contribution in [-0.2, 0) is 7.05 Å². The van der Waals surface area contributed by atoms with Crippen molar-refractivity contribution in [1.29, 1.82) is 0 Å². The molecule has 0 aliphatic heterocycles. The zero-order chi connectivity index (χ0) is 23.4. The standard InChI is InChI=1S/C25H25N5O3/c1-16-22-20(15-21(17-8-4-3-5-9-17)28-23(22)30(2)29-16)25(33)27-13-7-12-26-24(32)18-10-6-11-19(31)14-18/h3-6,8-11,14-15,31H,7,12-13H2,1-2H3,(H,26,32)(H,27,33). The van der Waals surface area contributed by atoms with Crippen molar-refractivity contribution in [1.82, 2.24) is 25.4 Å². The number of phenols is 1. The molecule has 0 aliphatic carbocycles. The van der Waals surface area contributed by atoms with Gasteiger partial charge in [0.1, 0.15) is 5.75 Å². The van der Waals surface area contributed by atoms with Gasteiger partial charge in [0.05, 0.1) is 22.3 Å². The van der Waals surface area contributed by atoms with Gasteiger partial charge in [0.2, 0.25) is 0 Å². The number of phenolic OH excluding ortho intramolecular Hbond substituents is 1. The van der Waals surface area contributed by atoms with Crippen LogP contribution in [0.5, 0.6) is 5.75 Å². The lowest BCUT2D eigenvalue weighted by molar-refractivity contribution is 0.0952. The number of nitrogens with zero attached hydrogens (tertiary/aromatic N) is 3. The molecule has 4 aromatic rings. The number of rotatable bonds is 7. The molecule has 2 aromatic carbocycles. The Bertz CT molecular complexity index is 1310. The first-order valence-corrected chi connectivity index (χ1v) is 10.7. The molecule has 0 fully saturated rings. The number of fused-ring (bicyclic) bond motifs is 1. The summed E-state index contributed by atoms with van der Waals surface area (Å²) in [6.45, 7) is 2.64. The maximum Gasteiger partial charge on any atom is 0.252 e. The molecule has 168 valence electrons. The molecule has 3 N–H and O–H groups in total. The number of aromatic hydroxyl groups is 1. The average Bonchev–Trinajstić information content (AvgIpc) is 3.11. The molecule has 0 radical (unpaired) electrons. The molecule has 0 atom stereocenters. The summed E-state index contributed by atoms with van der Waals surface area (Å²) in [6, 6.07) is 17.7. The fraction of sp³-hybridized carbons (Fsp3) is 0.200. The van der Waals surface area contributed by atoms with Crippen LogP contribution in [0.1, 0.15) is 32.8 Å². The summed E-state index contributed by atoms with van der Waals surface area (Å²) >= 11 is 0. The third-order valence-electron chi connectivity index (χ3n) is 5.32. The molecule has 0 saturated heterocycles. The van der Waals surface area contributed by atoms with Crippen LogP contribution in [0.3, 0.4) is 0 Å². The molecule has 0 unspecified atom stereocenters. The number of aromatic nitrogens is 3. The van der Waals surface area contributed by atoms with E-state index in [0.717, 1.165) is 16.6 Å². The van der Waals surface area contributed by atoms with Crippen molar-refractivity contribution < 1.29 is 14.7 Å². The fourth-order valence-corrected chi connectivity index (χ4v) is 3.72. The van der Waals surface area contributed by atoms with E-state index in [4.69, 9.17) is 4.98 Å². The van der Waals surface area contributed by atoms with Crippen molar-refractivity contribution in [3.8, 4) is 17.0 Å². The van der Waals surface area contributed by atoms with E-state index < -0.39 is 0 Å². The maximum absolute atomic E-state index is 13.1. The van der Waals surface area contributed by atoms with E-state index in [1.54, 1.807) is 22.9 Å². The van der Waals surface area contributed by atoms with Crippen molar-refractivity contribution in [3.05, 3.63) is 77.5 Å². The minimum Gasteiger partial charge on any atom is -0.508 e. The molecular weight excluding hydrogens is 418 g/mol. The van der Waals surface area contributed by atoms with Gasteiger partial charge < -0.3 is 15.7 Å². The second-order valence-electron chi connectivity index (χ2n) is 7.74. The largest absolute Gasteiger partial charge is 0.508 e. The normalized spacial score (nSPS) is 10.8. The summed E-state index contributed by atoms with van der Waals surface area (Å²) in [7, 11) is 1.81. The van der Waals surface area contributed by atoms with Crippen molar-refractivity contribution in [2.45, 2.75) is 13.3 Å². The minimum atomic E-state index is -0.272. The highest BCUT2D eigenvalue weighted by atomic mass is 16.3. The maximum atomic E-state index is 13.1. The Morgan fingerprint density at radius 3 is 2.42 bits per heavy atom. The van der Waals surface area contributed by atoms with Crippen molar-refractivity contribution in [3.63, 3.8) is 0 Å². The van der Waals surface area contributed by atoms with Crippen LogP contribution in [0.2, 0.25) is 0 Å². The predicted octanol–water partition coefficient (Wildman–Crippen LogP) is 3.20. The first kappa shape index (κ1) is 22.0. The molecule has 4 rings (SSSR count). The Morgan fingerprint density at radius 2 is 1.70 bits per heavy atom. The van der Waals surface area contributed by atoms with E-state index in [2.05, 4.69) is 15.7 Å². The number of amides is 2. The quantitative estimate of drug-likeness (QED) is 0.380. The van der Waals surface area contributed by atoms with Crippen molar-refractivity contribution in [2.24, 2.45) is 7.05 Å². The van der Waals surface area contributed by atoms with Crippen LogP contribution in [0.25, 0.3) is 22.3 Å². The van der Waals surface area contributed by atoms with Gasteiger partial charge >= 0.3 is 0 Å². The Morgan fingerprint density at radius 1 is 0.970 bits per heavy atom.